The molecular weight excluding hydrogens is 163 g/mol. The van der Waals surface area contributed by atoms with Crippen LogP contribution in [0.2, 0.25) is 0 Å². The number of rotatable bonds is 6. The van der Waals surface area contributed by atoms with Crippen molar-refractivity contribution in [1.29, 1.82) is 0 Å². The Hall–Kier alpha value is 0.372. The van der Waals surface area contributed by atoms with Crippen LogP contribution in [0.4, 0.5) is 0 Å². The lowest BCUT2D eigenvalue weighted by molar-refractivity contribution is -0.356. The molecule has 0 aromatic carbocycles. The third kappa shape index (κ3) is 3.52. The first-order valence-electron chi connectivity index (χ1n) is 3.39. The number of hydrogen-bond donors (Lipinski definition) is 0. The normalized spacial score (nSPS) is 11.9. The van der Waals surface area contributed by atoms with Gasteiger partial charge in [-0.1, -0.05) is 0 Å². The molecule has 0 aliphatic rings. The van der Waals surface area contributed by atoms with Crippen LogP contribution in [0.25, 0.3) is 0 Å². The van der Waals surface area contributed by atoms with Gasteiger partial charge >= 0.3 is 16.6 Å². The zero-order valence-corrected chi connectivity index (χ0v) is 9.55. The minimum Gasteiger partial charge on any atom is -0.506 e. The molecule has 0 amide bonds. The SMILES string of the molecule is COC(CC[O][AlH2])(OC)OC. The third-order valence-corrected chi connectivity index (χ3v) is 1.95. The molecular formula is C6H15AlO4. The highest BCUT2D eigenvalue weighted by atomic mass is 27.1. The summed E-state index contributed by atoms with van der Waals surface area (Å²) in [6.07, 6.45) is 0.583. The molecule has 11 heavy (non-hydrogen) atoms. The van der Waals surface area contributed by atoms with Crippen molar-refractivity contribution in [1.82, 2.24) is 0 Å². The molecule has 0 rings (SSSR count). The molecule has 0 spiro atoms. The molecule has 5 heteroatoms. The second-order valence-electron chi connectivity index (χ2n) is 2.04. The lowest BCUT2D eigenvalue weighted by Gasteiger charge is -2.28. The van der Waals surface area contributed by atoms with E-state index in [-0.39, 0.29) is 0 Å². The Morgan fingerprint density at radius 3 is 1.82 bits per heavy atom. The molecule has 0 aliphatic carbocycles. The van der Waals surface area contributed by atoms with Gasteiger partial charge in [-0.15, -0.1) is 0 Å². The fraction of sp³-hybridized carbons (Fsp3) is 1.00. The van der Waals surface area contributed by atoms with Crippen molar-refractivity contribution in [3.63, 3.8) is 0 Å². The summed E-state index contributed by atoms with van der Waals surface area (Å²) in [5.74, 6) is -0.926. The van der Waals surface area contributed by atoms with E-state index in [1.165, 1.54) is 0 Å². The Kier molecular flexibility index (Phi) is 6.15. The van der Waals surface area contributed by atoms with Gasteiger partial charge in [0.1, 0.15) is 0 Å². The van der Waals surface area contributed by atoms with Gasteiger partial charge in [-0.2, -0.15) is 0 Å². The van der Waals surface area contributed by atoms with Gasteiger partial charge in [0.15, 0.2) is 0 Å². The largest absolute Gasteiger partial charge is 0.506 e. The summed E-state index contributed by atoms with van der Waals surface area (Å²) in [5.41, 5.74) is 0. The van der Waals surface area contributed by atoms with Gasteiger partial charge in [-0.05, 0) is 0 Å². The number of ether oxygens (including phenoxy) is 3. The molecule has 0 aromatic heterocycles. The van der Waals surface area contributed by atoms with E-state index in [4.69, 9.17) is 18.0 Å². The smallest absolute Gasteiger partial charge is 0.410 e. The molecule has 0 aliphatic heterocycles. The summed E-state index contributed by atoms with van der Waals surface area (Å²) >= 11 is 0.723. The third-order valence-electron chi connectivity index (χ3n) is 1.55. The predicted octanol–water partition coefficient (Wildman–Crippen LogP) is -0.466. The van der Waals surface area contributed by atoms with E-state index in [1.807, 2.05) is 0 Å². The molecule has 0 saturated heterocycles. The van der Waals surface area contributed by atoms with Crippen molar-refractivity contribution >= 4 is 16.6 Å². The van der Waals surface area contributed by atoms with Gasteiger partial charge in [0.25, 0.3) is 5.97 Å². The first kappa shape index (κ1) is 11.4. The summed E-state index contributed by atoms with van der Waals surface area (Å²) in [4.78, 5) is 0. The van der Waals surface area contributed by atoms with Crippen LogP contribution >= 0.6 is 0 Å². The summed E-state index contributed by atoms with van der Waals surface area (Å²) in [6, 6.07) is 0. The van der Waals surface area contributed by atoms with Crippen LogP contribution in [-0.4, -0.2) is 50.5 Å². The minimum atomic E-state index is -0.926. The highest BCUT2D eigenvalue weighted by Gasteiger charge is 2.28. The zero-order valence-electron chi connectivity index (χ0n) is 7.55. The van der Waals surface area contributed by atoms with Gasteiger partial charge in [0.2, 0.25) is 0 Å². The highest BCUT2D eigenvalue weighted by Crippen LogP contribution is 2.16. The van der Waals surface area contributed by atoms with Crippen molar-refractivity contribution in [2.45, 2.75) is 12.4 Å². The Morgan fingerprint density at radius 1 is 1.09 bits per heavy atom. The Morgan fingerprint density at radius 2 is 1.55 bits per heavy atom. The molecule has 66 valence electrons. The molecule has 0 bridgehead atoms. The van der Waals surface area contributed by atoms with E-state index in [9.17, 15) is 0 Å². The molecule has 4 nitrogen and oxygen atoms in total. The van der Waals surface area contributed by atoms with Crippen molar-refractivity contribution in [2.75, 3.05) is 27.9 Å². The zero-order chi connectivity index (χ0) is 8.74. The maximum atomic E-state index is 5.03. The lowest BCUT2D eigenvalue weighted by atomic mass is 10.4. The fourth-order valence-electron chi connectivity index (χ4n) is 0.783. The molecule has 0 radical (unpaired) electrons. The van der Waals surface area contributed by atoms with Crippen molar-refractivity contribution < 1.29 is 18.0 Å². The average molecular weight is 178 g/mol. The van der Waals surface area contributed by atoms with Crippen LogP contribution in [0.1, 0.15) is 6.42 Å². The van der Waals surface area contributed by atoms with E-state index >= 15 is 0 Å². The average Bonchev–Trinajstić information content (AvgIpc) is 2.08. The van der Waals surface area contributed by atoms with E-state index in [0.717, 1.165) is 16.6 Å². The van der Waals surface area contributed by atoms with E-state index in [1.54, 1.807) is 21.3 Å². The second kappa shape index (κ2) is 5.95. The quantitative estimate of drug-likeness (QED) is 0.407. The van der Waals surface area contributed by atoms with Crippen molar-refractivity contribution in [2.24, 2.45) is 0 Å². The first-order valence-corrected chi connectivity index (χ1v) is 4.20. The summed E-state index contributed by atoms with van der Waals surface area (Å²) < 4.78 is 20.1. The molecule has 0 saturated carbocycles. The molecule has 0 N–H and O–H groups in total. The lowest BCUT2D eigenvalue weighted by Crippen LogP contribution is -2.37. The maximum absolute atomic E-state index is 5.03. The fourth-order valence-corrected chi connectivity index (χ4v) is 0.987. The summed E-state index contributed by atoms with van der Waals surface area (Å²) in [7, 11) is 4.63. The van der Waals surface area contributed by atoms with E-state index < -0.39 is 5.97 Å². The topological polar surface area (TPSA) is 36.9 Å². The van der Waals surface area contributed by atoms with Crippen LogP contribution in [0.3, 0.4) is 0 Å². The molecule has 0 aromatic rings. The molecule has 0 heterocycles. The number of hydrogen-bond acceptors (Lipinski definition) is 4. The van der Waals surface area contributed by atoms with Gasteiger partial charge < -0.3 is 18.0 Å². The van der Waals surface area contributed by atoms with Crippen LogP contribution in [-0.2, 0) is 18.0 Å². The number of methoxy groups -OCH3 is 3. The first-order chi connectivity index (χ1) is 5.24. The highest BCUT2D eigenvalue weighted by molar-refractivity contribution is 5.97. The predicted molar refractivity (Wildman–Crippen MR) is 42.9 cm³/mol. The summed E-state index contributed by atoms with van der Waals surface area (Å²) in [6.45, 7) is 0.599. The van der Waals surface area contributed by atoms with Crippen molar-refractivity contribution in [3.05, 3.63) is 0 Å². The van der Waals surface area contributed by atoms with Gasteiger partial charge in [-0.3, -0.25) is 0 Å². The minimum absolute atomic E-state index is 0.583. The van der Waals surface area contributed by atoms with E-state index in [2.05, 4.69) is 0 Å². The Labute approximate surface area is 75.5 Å². The van der Waals surface area contributed by atoms with Crippen molar-refractivity contribution in [3.8, 4) is 0 Å². The summed E-state index contributed by atoms with van der Waals surface area (Å²) in [5, 5.41) is 0. The maximum Gasteiger partial charge on any atom is 0.410 e. The van der Waals surface area contributed by atoms with Crippen LogP contribution in [0.5, 0.6) is 0 Å². The van der Waals surface area contributed by atoms with E-state index in [0.29, 0.717) is 13.0 Å². The van der Waals surface area contributed by atoms with Gasteiger partial charge in [0.05, 0.1) is 0 Å². The molecule has 0 unspecified atom stereocenters. The Bertz CT molecular complexity index is 86.3. The second-order valence-corrected chi connectivity index (χ2v) is 2.62. The molecule has 0 atom stereocenters. The van der Waals surface area contributed by atoms with Crippen LogP contribution in [0, 0.1) is 0 Å². The van der Waals surface area contributed by atoms with Gasteiger partial charge in [-0.25, -0.2) is 0 Å². The Balaban J connectivity index is 3.84. The monoisotopic (exact) mass is 178 g/mol. The van der Waals surface area contributed by atoms with Gasteiger partial charge in [0, 0.05) is 34.4 Å². The standard InChI is InChI=1S/C6H13O4.Al.2H/c1-8-6(9-2,10-3)4-5-7;;;/h4-5H2,1-3H3;;;/q-1;+1;;. The molecule has 0 fully saturated rings. The van der Waals surface area contributed by atoms with Crippen LogP contribution < -0.4 is 0 Å². The van der Waals surface area contributed by atoms with Crippen LogP contribution in [0.15, 0.2) is 0 Å².